The molecule has 4 aromatic rings. The third kappa shape index (κ3) is 3.98. The second-order valence-corrected chi connectivity index (χ2v) is 7.83. The summed E-state index contributed by atoms with van der Waals surface area (Å²) in [5.41, 5.74) is 4.70. The first-order valence-electron chi connectivity index (χ1n) is 9.47. The highest BCUT2D eigenvalue weighted by Crippen LogP contribution is 2.30. The van der Waals surface area contributed by atoms with Crippen LogP contribution in [0.1, 0.15) is 18.1 Å². The van der Waals surface area contributed by atoms with Crippen molar-refractivity contribution < 1.29 is 4.79 Å². The first-order chi connectivity index (χ1) is 14.0. The maximum atomic E-state index is 13.1. The van der Waals surface area contributed by atoms with Gasteiger partial charge in [-0.1, -0.05) is 48.9 Å². The lowest BCUT2D eigenvalue weighted by Gasteiger charge is -2.08. The van der Waals surface area contributed by atoms with Gasteiger partial charge < -0.3 is 5.32 Å². The van der Waals surface area contributed by atoms with Crippen LogP contribution in [0.3, 0.4) is 0 Å². The van der Waals surface area contributed by atoms with E-state index in [1.54, 1.807) is 0 Å². The van der Waals surface area contributed by atoms with Crippen LogP contribution >= 0.6 is 11.3 Å². The monoisotopic (exact) mass is 403 g/mol. The van der Waals surface area contributed by atoms with Crippen molar-refractivity contribution in [2.24, 2.45) is 0 Å². The average Bonchev–Trinajstić information content (AvgIpc) is 3.17. The van der Waals surface area contributed by atoms with Crippen molar-refractivity contribution in [3.05, 3.63) is 81.7 Å². The summed E-state index contributed by atoms with van der Waals surface area (Å²) in [6.45, 7) is 4.01. The summed E-state index contributed by atoms with van der Waals surface area (Å²) in [4.78, 5) is 30.6. The number of fused-ring (bicyclic) bond motifs is 1. The number of anilines is 1. The SMILES string of the molecule is CCc1ccc(-c2csc3ncn(CC(=O)Nc4ccc(C)cc4)c(=O)c23)cc1. The van der Waals surface area contributed by atoms with Gasteiger partial charge in [0.15, 0.2) is 0 Å². The smallest absolute Gasteiger partial charge is 0.263 e. The summed E-state index contributed by atoms with van der Waals surface area (Å²) >= 11 is 1.44. The van der Waals surface area contributed by atoms with E-state index in [2.05, 4.69) is 29.4 Å². The van der Waals surface area contributed by atoms with Crippen molar-refractivity contribution in [3.63, 3.8) is 0 Å². The Kier molecular flexibility index (Phi) is 5.27. The number of hydrogen-bond acceptors (Lipinski definition) is 4. The van der Waals surface area contributed by atoms with Gasteiger partial charge in [0.25, 0.3) is 5.56 Å². The van der Waals surface area contributed by atoms with Crippen molar-refractivity contribution >= 4 is 33.1 Å². The van der Waals surface area contributed by atoms with E-state index in [9.17, 15) is 9.59 Å². The van der Waals surface area contributed by atoms with E-state index in [0.29, 0.717) is 15.9 Å². The van der Waals surface area contributed by atoms with Crippen LogP contribution in [0.25, 0.3) is 21.3 Å². The number of hydrogen-bond donors (Lipinski definition) is 1. The van der Waals surface area contributed by atoms with Gasteiger partial charge >= 0.3 is 0 Å². The number of carbonyl (C=O) groups excluding carboxylic acids is 1. The predicted molar refractivity (Wildman–Crippen MR) is 119 cm³/mol. The molecule has 0 saturated heterocycles. The molecule has 0 fully saturated rings. The van der Waals surface area contributed by atoms with Crippen LogP contribution in [0.4, 0.5) is 5.69 Å². The number of nitrogens with one attached hydrogen (secondary N) is 1. The van der Waals surface area contributed by atoms with E-state index < -0.39 is 0 Å². The van der Waals surface area contributed by atoms with Gasteiger partial charge in [0, 0.05) is 16.6 Å². The molecule has 0 aliphatic carbocycles. The summed E-state index contributed by atoms with van der Waals surface area (Å²) in [5.74, 6) is -0.263. The molecule has 0 aliphatic rings. The molecule has 0 spiro atoms. The fourth-order valence-electron chi connectivity index (χ4n) is 3.20. The molecule has 1 N–H and O–H groups in total. The predicted octanol–water partition coefficient (Wildman–Crippen LogP) is 4.63. The molecule has 4 rings (SSSR count). The van der Waals surface area contributed by atoms with E-state index in [1.807, 2.05) is 48.7 Å². The maximum Gasteiger partial charge on any atom is 0.263 e. The van der Waals surface area contributed by atoms with E-state index >= 15 is 0 Å². The van der Waals surface area contributed by atoms with Crippen molar-refractivity contribution in [2.75, 3.05) is 5.32 Å². The van der Waals surface area contributed by atoms with E-state index in [4.69, 9.17) is 0 Å². The van der Waals surface area contributed by atoms with Crippen molar-refractivity contribution in [1.29, 1.82) is 0 Å². The molecule has 2 heterocycles. The minimum absolute atomic E-state index is 0.0836. The molecule has 5 nitrogen and oxygen atoms in total. The first kappa shape index (κ1) is 19.1. The minimum atomic E-state index is -0.263. The quantitative estimate of drug-likeness (QED) is 0.528. The fourth-order valence-corrected chi connectivity index (χ4v) is 4.11. The number of aromatic nitrogens is 2. The van der Waals surface area contributed by atoms with Crippen LogP contribution in [0, 0.1) is 6.92 Å². The lowest BCUT2D eigenvalue weighted by molar-refractivity contribution is -0.116. The molecule has 0 atom stereocenters. The molecule has 0 saturated carbocycles. The molecule has 146 valence electrons. The number of rotatable bonds is 5. The van der Waals surface area contributed by atoms with Crippen molar-refractivity contribution in [2.45, 2.75) is 26.8 Å². The highest BCUT2D eigenvalue weighted by atomic mass is 32.1. The highest BCUT2D eigenvalue weighted by molar-refractivity contribution is 7.17. The van der Waals surface area contributed by atoms with Gasteiger partial charge in [-0.15, -0.1) is 11.3 Å². The van der Waals surface area contributed by atoms with Crippen LogP contribution in [0.2, 0.25) is 0 Å². The topological polar surface area (TPSA) is 64.0 Å². The van der Waals surface area contributed by atoms with Gasteiger partial charge in [-0.25, -0.2) is 4.98 Å². The van der Waals surface area contributed by atoms with Crippen LogP contribution in [0.15, 0.2) is 65.0 Å². The van der Waals surface area contributed by atoms with Crippen molar-refractivity contribution in [1.82, 2.24) is 9.55 Å². The minimum Gasteiger partial charge on any atom is -0.325 e. The summed E-state index contributed by atoms with van der Waals surface area (Å²) in [6, 6.07) is 15.7. The zero-order chi connectivity index (χ0) is 20.4. The zero-order valence-corrected chi connectivity index (χ0v) is 17.1. The maximum absolute atomic E-state index is 13.1. The molecule has 2 aromatic carbocycles. The van der Waals surface area contributed by atoms with Gasteiger partial charge in [-0.3, -0.25) is 14.2 Å². The standard InChI is InChI=1S/C23H21N3O2S/c1-3-16-6-8-17(9-7-16)19-13-29-22-21(19)23(28)26(14-24-22)12-20(27)25-18-10-4-15(2)5-11-18/h4-11,13-14H,3,12H2,1-2H3,(H,25,27). The molecule has 1 amide bonds. The molecule has 0 bridgehead atoms. The Bertz CT molecular complexity index is 1220. The Morgan fingerprint density at radius 3 is 2.52 bits per heavy atom. The summed E-state index contributed by atoms with van der Waals surface area (Å²) in [6.07, 6.45) is 2.41. The number of carbonyl (C=O) groups is 1. The number of amides is 1. The van der Waals surface area contributed by atoms with Gasteiger partial charge in [0.2, 0.25) is 5.91 Å². The zero-order valence-electron chi connectivity index (χ0n) is 16.3. The molecule has 29 heavy (non-hydrogen) atoms. The normalized spacial score (nSPS) is 11.0. The summed E-state index contributed by atoms with van der Waals surface area (Å²) in [5, 5.41) is 5.34. The van der Waals surface area contributed by atoms with Crippen LogP contribution < -0.4 is 10.9 Å². The largest absolute Gasteiger partial charge is 0.325 e. The number of aryl methyl sites for hydroxylation is 2. The lowest BCUT2D eigenvalue weighted by Crippen LogP contribution is -2.27. The molecular weight excluding hydrogens is 382 g/mol. The van der Waals surface area contributed by atoms with Gasteiger partial charge in [-0.05, 0) is 36.6 Å². The summed E-state index contributed by atoms with van der Waals surface area (Å²) in [7, 11) is 0. The third-order valence-electron chi connectivity index (χ3n) is 4.88. The lowest BCUT2D eigenvalue weighted by atomic mass is 10.0. The summed E-state index contributed by atoms with van der Waals surface area (Å²) < 4.78 is 1.36. The number of benzene rings is 2. The average molecular weight is 404 g/mol. The second-order valence-electron chi connectivity index (χ2n) is 6.97. The molecule has 0 unspecified atom stereocenters. The Labute approximate surface area is 172 Å². The van der Waals surface area contributed by atoms with E-state index in [1.165, 1.54) is 27.8 Å². The van der Waals surface area contributed by atoms with Crippen molar-refractivity contribution in [3.8, 4) is 11.1 Å². The van der Waals surface area contributed by atoms with Gasteiger partial charge in [0.1, 0.15) is 11.4 Å². The molecule has 0 aliphatic heterocycles. The molecule has 2 aromatic heterocycles. The van der Waals surface area contributed by atoms with E-state index in [0.717, 1.165) is 23.1 Å². The Morgan fingerprint density at radius 2 is 1.83 bits per heavy atom. The third-order valence-corrected chi connectivity index (χ3v) is 5.77. The van der Waals surface area contributed by atoms with Gasteiger partial charge in [-0.2, -0.15) is 0 Å². The van der Waals surface area contributed by atoms with Crippen LogP contribution in [0.5, 0.6) is 0 Å². The highest BCUT2D eigenvalue weighted by Gasteiger charge is 2.15. The Morgan fingerprint density at radius 1 is 1.10 bits per heavy atom. The van der Waals surface area contributed by atoms with Gasteiger partial charge in [0.05, 0.1) is 11.7 Å². The Hall–Kier alpha value is -3.25. The molecular formula is C23H21N3O2S. The van der Waals surface area contributed by atoms with Crippen LogP contribution in [-0.2, 0) is 17.8 Å². The molecule has 6 heteroatoms. The fraction of sp³-hybridized carbons (Fsp3) is 0.174. The second kappa shape index (κ2) is 8.01. The number of nitrogens with zero attached hydrogens (tertiary/aromatic N) is 2. The number of thiophene rings is 1. The first-order valence-corrected chi connectivity index (χ1v) is 10.4. The Balaban J connectivity index is 1.63. The van der Waals surface area contributed by atoms with E-state index in [-0.39, 0.29) is 18.0 Å². The molecule has 0 radical (unpaired) electrons. The van der Waals surface area contributed by atoms with Crippen LogP contribution in [-0.4, -0.2) is 15.5 Å².